The maximum Gasteiger partial charge on any atom is 0.231 e. The number of hydrogen-bond acceptors (Lipinski definition) is 5. The zero-order chi connectivity index (χ0) is 16.4. The molecule has 2 aromatic rings. The van der Waals surface area contributed by atoms with Gasteiger partial charge in [0, 0.05) is 13.5 Å². The van der Waals surface area contributed by atoms with E-state index >= 15 is 0 Å². The van der Waals surface area contributed by atoms with Gasteiger partial charge in [0.2, 0.25) is 6.79 Å². The van der Waals surface area contributed by atoms with Crippen molar-refractivity contribution in [2.75, 3.05) is 13.9 Å². The number of rotatable bonds is 5. The molecule has 6 nitrogen and oxygen atoms in total. The zero-order valence-electron chi connectivity index (χ0n) is 14.0. The fourth-order valence-electron chi connectivity index (χ4n) is 3.57. The molecule has 1 aromatic carbocycles. The predicted molar refractivity (Wildman–Crippen MR) is 88.2 cm³/mol. The third kappa shape index (κ3) is 3.11. The Balaban J connectivity index is 1.60. The molecule has 1 fully saturated rings. The van der Waals surface area contributed by atoms with Gasteiger partial charge in [-0.2, -0.15) is 5.10 Å². The van der Waals surface area contributed by atoms with Crippen molar-refractivity contribution < 1.29 is 14.2 Å². The largest absolute Gasteiger partial charge is 0.454 e. The summed E-state index contributed by atoms with van der Waals surface area (Å²) >= 11 is 0. The zero-order valence-corrected chi connectivity index (χ0v) is 14.0. The topological polar surface area (TPSA) is 58.4 Å². The molecule has 0 atom stereocenters. The first-order valence-corrected chi connectivity index (χ1v) is 8.65. The van der Waals surface area contributed by atoms with Crippen LogP contribution in [0.5, 0.6) is 11.5 Å². The van der Waals surface area contributed by atoms with Gasteiger partial charge >= 0.3 is 0 Å². The highest BCUT2D eigenvalue weighted by molar-refractivity contribution is 5.45. The molecule has 0 saturated heterocycles. The van der Waals surface area contributed by atoms with Crippen molar-refractivity contribution in [1.29, 1.82) is 0 Å². The van der Waals surface area contributed by atoms with Crippen LogP contribution < -0.4 is 9.47 Å². The van der Waals surface area contributed by atoms with Crippen LogP contribution in [0.2, 0.25) is 0 Å². The van der Waals surface area contributed by atoms with Crippen LogP contribution in [0.1, 0.15) is 55.4 Å². The summed E-state index contributed by atoms with van der Waals surface area (Å²) in [5, 5.41) is 4.72. The molecule has 0 radical (unpaired) electrons. The molecule has 4 rings (SSSR count). The summed E-state index contributed by atoms with van der Waals surface area (Å²) in [6.45, 7) is 0.753. The van der Waals surface area contributed by atoms with E-state index in [4.69, 9.17) is 24.3 Å². The molecule has 2 heterocycles. The van der Waals surface area contributed by atoms with E-state index in [1.54, 1.807) is 7.11 Å². The van der Waals surface area contributed by atoms with Crippen molar-refractivity contribution in [3.8, 4) is 11.5 Å². The molecule has 0 amide bonds. The molecule has 128 valence electrons. The maximum absolute atomic E-state index is 5.48. The summed E-state index contributed by atoms with van der Waals surface area (Å²) in [5.41, 5.74) is 1.16. The second-order valence-electron chi connectivity index (χ2n) is 6.48. The minimum absolute atomic E-state index is 0.301. The van der Waals surface area contributed by atoms with Gasteiger partial charge in [-0.15, -0.1) is 0 Å². The Kier molecular flexibility index (Phi) is 4.38. The monoisotopic (exact) mass is 329 g/mol. The normalized spacial score (nSPS) is 17.4. The van der Waals surface area contributed by atoms with Gasteiger partial charge in [0.05, 0.1) is 6.04 Å². The third-order valence-corrected chi connectivity index (χ3v) is 4.74. The summed E-state index contributed by atoms with van der Waals surface area (Å²) in [6.07, 6.45) is 6.98. The lowest BCUT2D eigenvalue weighted by atomic mass is 9.95. The van der Waals surface area contributed by atoms with Crippen LogP contribution in [-0.2, 0) is 17.8 Å². The molecule has 0 bridgehead atoms. The quantitative estimate of drug-likeness (QED) is 0.843. The lowest BCUT2D eigenvalue weighted by Gasteiger charge is -2.23. The molecule has 1 aromatic heterocycles. The van der Waals surface area contributed by atoms with Crippen molar-refractivity contribution in [2.24, 2.45) is 0 Å². The molecule has 1 aliphatic carbocycles. The van der Waals surface area contributed by atoms with Gasteiger partial charge in [-0.25, -0.2) is 9.67 Å². The first kappa shape index (κ1) is 15.4. The summed E-state index contributed by atoms with van der Waals surface area (Å²) in [6, 6.07) is 6.54. The van der Waals surface area contributed by atoms with Crippen molar-refractivity contribution >= 4 is 0 Å². The Labute approximate surface area is 141 Å². The predicted octanol–water partition coefficient (Wildman–Crippen LogP) is 3.25. The van der Waals surface area contributed by atoms with E-state index in [1.165, 1.54) is 32.1 Å². The van der Waals surface area contributed by atoms with Crippen molar-refractivity contribution in [1.82, 2.24) is 14.8 Å². The van der Waals surface area contributed by atoms with E-state index in [0.29, 0.717) is 19.4 Å². The molecule has 1 saturated carbocycles. The van der Waals surface area contributed by atoms with Crippen LogP contribution in [0.4, 0.5) is 0 Å². The van der Waals surface area contributed by atoms with Gasteiger partial charge in [-0.1, -0.05) is 25.3 Å². The van der Waals surface area contributed by atoms with E-state index in [0.717, 1.165) is 35.1 Å². The highest BCUT2D eigenvalue weighted by Crippen LogP contribution is 2.34. The Bertz CT molecular complexity index is 708. The first-order chi connectivity index (χ1) is 11.8. The molecule has 0 unspecified atom stereocenters. The van der Waals surface area contributed by atoms with Crippen molar-refractivity contribution in [3.63, 3.8) is 0 Å². The van der Waals surface area contributed by atoms with Gasteiger partial charge < -0.3 is 14.2 Å². The minimum Gasteiger partial charge on any atom is -0.454 e. The first-order valence-electron chi connectivity index (χ1n) is 8.65. The van der Waals surface area contributed by atoms with Crippen molar-refractivity contribution in [3.05, 3.63) is 35.4 Å². The van der Waals surface area contributed by atoms with Crippen LogP contribution in [-0.4, -0.2) is 28.7 Å². The lowest BCUT2D eigenvalue weighted by molar-refractivity contribution is 0.174. The number of ether oxygens (including phenoxy) is 3. The molecular formula is C18H23N3O3. The SMILES string of the molecule is COCc1nc(Cc2ccc3c(c2)OCO3)n(C2CCCCC2)n1. The summed E-state index contributed by atoms with van der Waals surface area (Å²) < 4.78 is 18.2. The Morgan fingerprint density at radius 3 is 2.83 bits per heavy atom. The van der Waals surface area contributed by atoms with Gasteiger partial charge in [0.1, 0.15) is 12.4 Å². The molecule has 1 aliphatic heterocycles. The summed E-state index contributed by atoms with van der Waals surface area (Å²) in [7, 11) is 1.68. The Hall–Kier alpha value is -2.08. The van der Waals surface area contributed by atoms with Gasteiger partial charge in [-0.3, -0.25) is 0 Å². The standard InChI is InChI=1S/C18H23N3O3/c1-22-11-17-19-18(21(20-17)14-5-3-2-4-6-14)10-13-7-8-15-16(9-13)24-12-23-15/h7-9,14H,2-6,10-12H2,1H3. The van der Waals surface area contributed by atoms with E-state index in [9.17, 15) is 0 Å². The highest BCUT2D eigenvalue weighted by atomic mass is 16.7. The van der Waals surface area contributed by atoms with E-state index in [1.807, 2.05) is 12.1 Å². The fraction of sp³-hybridized carbons (Fsp3) is 0.556. The van der Waals surface area contributed by atoms with Crippen LogP contribution in [0, 0.1) is 0 Å². The van der Waals surface area contributed by atoms with Crippen LogP contribution in [0.15, 0.2) is 18.2 Å². The van der Waals surface area contributed by atoms with Gasteiger partial charge in [0.25, 0.3) is 0 Å². The van der Waals surface area contributed by atoms with Gasteiger partial charge in [0.15, 0.2) is 17.3 Å². The third-order valence-electron chi connectivity index (χ3n) is 4.74. The van der Waals surface area contributed by atoms with Gasteiger partial charge in [-0.05, 0) is 30.5 Å². The maximum atomic E-state index is 5.48. The second kappa shape index (κ2) is 6.81. The molecule has 0 N–H and O–H groups in total. The molecule has 0 spiro atoms. The minimum atomic E-state index is 0.301. The van der Waals surface area contributed by atoms with E-state index in [-0.39, 0.29) is 0 Å². The number of fused-ring (bicyclic) bond motifs is 1. The molecule has 2 aliphatic rings. The number of hydrogen-bond donors (Lipinski definition) is 0. The van der Waals surface area contributed by atoms with Crippen LogP contribution in [0.25, 0.3) is 0 Å². The molecule has 24 heavy (non-hydrogen) atoms. The van der Waals surface area contributed by atoms with Crippen LogP contribution in [0.3, 0.4) is 0 Å². The number of methoxy groups -OCH3 is 1. The highest BCUT2D eigenvalue weighted by Gasteiger charge is 2.22. The number of benzene rings is 1. The molecule has 6 heteroatoms. The number of nitrogens with zero attached hydrogens (tertiary/aromatic N) is 3. The average Bonchev–Trinajstić information content (AvgIpc) is 3.22. The fourth-order valence-corrected chi connectivity index (χ4v) is 3.57. The Morgan fingerprint density at radius 2 is 2.00 bits per heavy atom. The molecular weight excluding hydrogens is 306 g/mol. The Morgan fingerprint density at radius 1 is 1.17 bits per heavy atom. The second-order valence-corrected chi connectivity index (χ2v) is 6.48. The van der Waals surface area contributed by atoms with E-state index < -0.39 is 0 Å². The van der Waals surface area contributed by atoms with Crippen molar-refractivity contribution in [2.45, 2.75) is 51.2 Å². The number of aromatic nitrogens is 3. The summed E-state index contributed by atoms with van der Waals surface area (Å²) in [4.78, 5) is 4.72. The average molecular weight is 329 g/mol. The van der Waals surface area contributed by atoms with E-state index in [2.05, 4.69) is 10.7 Å². The smallest absolute Gasteiger partial charge is 0.231 e. The van der Waals surface area contributed by atoms with Crippen LogP contribution >= 0.6 is 0 Å². The lowest BCUT2D eigenvalue weighted by Crippen LogP contribution is -2.17. The summed E-state index contributed by atoms with van der Waals surface area (Å²) in [5.74, 6) is 3.40.